The van der Waals surface area contributed by atoms with Gasteiger partial charge < -0.3 is 15.0 Å². The largest absolute Gasteiger partial charge is 0.383 e. The molecule has 0 heterocycles. The topological polar surface area (TPSA) is 58.6 Å². The van der Waals surface area contributed by atoms with E-state index < -0.39 is 6.04 Å². The van der Waals surface area contributed by atoms with Gasteiger partial charge >= 0.3 is 0 Å². The molecule has 0 saturated carbocycles. The van der Waals surface area contributed by atoms with Gasteiger partial charge in [0, 0.05) is 27.1 Å². The van der Waals surface area contributed by atoms with Crippen LogP contribution in [0.4, 0.5) is 0 Å². The molecule has 1 atom stereocenters. The van der Waals surface area contributed by atoms with E-state index in [0.717, 1.165) is 5.56 Å². The van der Waals surface area contributed by atoms with Gasteiger partial charge in [-0.05, 0) is 12.5 Å². The SMILES string of the molecule is COCCNC(=O)[C@@H](C)N(Cc1ccccc1)C(C)=O. The van der Waals surface area contributed by atoms with Gasteiger partial charge in [0.2, 0.25) is 11.8 Å². The van der Waals surface area contributed by atoms with Crippen molar-refractivity contribution in [1.82, 2.24) is 10.2 Å². The van der Waals surface area contributed by atoms with Crippen LogP contribution in [0.15, 0.2) is 30.3 Å². The number of ether oxygens (including phenoxy) is 1. The summed E-state index contributed by atoms with van der Waals surface area (Å²) in [5, 5.41) is 2.75. The minimum Gasteiger partial charge on any atom is -0.383 e. The lowest BCUT2D eigenvalue weighted by atomic mass is 10.1. The molecule has 1 N–H and O–H groups in total. The van der Waals surface area contributed by atoms with Crippen LogP contribution in [-0.2, 0) is 20.9 Å². The van der Waals surface area contributed by atoms with Crippen LogP contribution in [0.2, 0.25) is 0 Å². The van der Waals surface area contributed by atoms with Crippen molar-refractivity contribution >= 4 is 11.8 Å². The summed E-state index contributed by atoms with van der Waals surface area (Å²) in [7, 11) is 1.58. The van der Waals surface area contributed by atoms with Gasteiger partial charge in [0.15, 0.2) is 0 Å². The number of rotatable bonds is 7. The molecule has 5 heteroatoms. The first-order valence-corrected chi connectivity index (χ1v) is 6.64. The maximum absolute atomic E-state index is 12.0. The van der Waals surface area contributed by atoms with Crippen LogP contribution in [0.5, 0.6) is 0 Å². The Morgan fingerprint density at radius 1 is 1.30 bits per heavy atom. The number of amides is 2. The molecule has 0 radical (unpaired) electrons. The predicted octanol–water partition coefficient (Wildman–Crippen LogP) is 1.19. The Morgan fingerprint density at radius 2 is 1.95 bits per heavy atom. The van der Waals surface area contributed by atoms with Crippen molar-refractivity contribution in [3.8, 4) is 0 Å². The quantitative estimate of drug-likeness (QED) is 0.762. The Morgan fingerprint density at radius 3 is 2.50 bits per heavy atom. The molecule has 0 saturated heterocycles. The van der Waals surface area contributed by atoms with Crippen LogP contribution in [-0.4, -0.2) is 43.0 Å². The number of nitrogens with one attached hydrogen (secondary N) is 1. The van der Waals surface area contributed by atoms with Gasteiger partial charge in [-0.15, -0.1) is 0 Å². The van der Waals surface area contributed by atoms with Crippen molar-refractivity contribution in [1.29, 1.82) is 0 Å². The molecule has 1 aromatic carbocycles. The highest BCUT2D eigenvalue weighted by Gasteiger charge is 2.23. The van der Waals surface area contributed by atoms with E-state index in [1.54, 1.807) is 18.9 Å². The lowest BCUT2D eigenvalue weighted by Crippen LogP contribution is -2.47. The molecule has 0 bridgehead atoms. The lowest BCUT2D eigenvalue weighted by Gasteiger charge is -2.27. The smallest absolute Gasteiger partial charge is 0.242 e. The Kier molecular flexibility index (Phi) is 6.73. The summed E-state index contributed by atoms with van der Waals surface area (Å²) in [5.74, 6) is -0.295. The number of carbonyl (C=O) groups is 2. The van der Waals surface area contributed by atoms with Gasteiger partial charge in [-0.2, -0.15) is 0 Å². The number of carbonyl (C=O) groups excluding carboxylic acids is 2. The Balaban J connectivity index is 2.65. The Hall–Kier alpha value is -1.88. The number of hydrogen-bond acceptors (Lipinski definition) is 3. The second kappa shape index (κ2) is 8.32. The summed E-state index contributed by atoms with van der Waals surface area (Å²) < 4.78 is 4.88. The average Bonchev–Trinajstić information content (AvgIpc) is 2.45. The first-order valence-electron chi connectivity index (χ1n) is 6.64. The number of benzene rings is 1. The van der Waals surface area contributed by atoms with Crippen molar-refractivity contribution in [2.75, 3.05) is 20.3 Å². The van der Waals surface area contributed by atoms with Crippen molar-refractivity contribution in [2.24, 2.45) is 0 Å². The van der Waals surface area contributed by atoms with Gasteiger partial charge in [0.05, 0.1) is 6.61 Å². The molecule has 5 nitrogen and oxygen atoms in total. The molecule has 0 spiro atoms. The minimum absolute atomic E-state index is 0.122. The predicted molar refractivity (Wildman–Crippen MR) is 77.0 cm³/mol. The molecule has 0 aliphatic rings. The van der Waals surface area contributed by atoms with Crippen LogP contribution in [0, 0.1) is 0 Å². The zero-order valence-electron chi connectivity index (χ0n) is 12.3. The highest BCUT2D eigenvalue weighted by atomic mass is 16.5. The molecule has 0 aromatic heterocycles. The average molecular weight is 278 g/mol. The molecule has 0 aliphatic heterocycles. The number of hydrogen-bond donors (Lipinski definition) is 1. The van der Waals surface area contributed by atoms with Crippen molar-refractivity contribution in [3.05, 3.63) is 35.9 Å². The summed E-state index contributed by atoms with van der Waals surface area (Å²) >= 11 is 0. The molecule has 110 valence electrons. The van der Waals surface area contributed by atoms with Gasteiger partial charge in [0.1, 0.15) is 6.04 Å². The van der Waals surface area contributed by atoms with E-state index in [-0.39, 0.29) is 11.8 Å². The van der Waals surface area contributed by atoms with Gasteiger partial charge in [-0.3, -0.25) is 9.59 Å². The Labute approximate surface area is 119 Å². The molecule has 20 heavy (non-hydrogen) atoms. The van der Waals surface area contributed by atoms with E-state index in [1.807, 2.05) is 30.3 Å². The van der Waals surface area contributed by atoms with Gasteiger partial charge in [-0.1, -0.05) is 30.3 Å². The van der Waals surface area contributed by atoms with Crippen LogP contribution < -0.4 is 5.32 Å². The molecule has 1 rings (SSSR count). The summed E-state index contributed by atoms with van der Waals surface area (Å²) in [6.07, 6.45) is 0. The van der Waals surface area contributed by atoms with Gasteiger partial charge in [0.25, 0.3) is 0 Å². The van der Waals surface area contributed by atoms with Crippen LogP contribution in [0.3, 0.4) is 0 Å². The number of methoxy groups -OCH3 is 1. The van der Waals surface area contributed by atoms with E-state index in [2.05, 4.69) is 5.32 Å². The summed E-state index contributed by atoms with van der Waals surface area (Å²) in [6.45, 7) is 4.53. The summed E-state index contributed by atoms with van der Waals surface area (Å²) in [6, 6.07) is 9.11. The normalized spacial score (nSPS) is 11.8. The first-order chi connectivity index (χ1) is 9.56. The highest BCUT2D eigenvalue weighted by Crippen LogP contribution is 2.09. The zero-order chi connectivity index (χ0) is 15.0. The van der Waals surface area contributed by atoms with Gasteiger partial charge in [-0.25, -0.2) is 0 Å². The fraction of sp³-hybridized carbons (Fsp3) is 0.467. The molecule has 1 aromatic rings. The fourth-order valence-corrected chi connectivity index (χ4v) is 1.87. The lowest BCUT2D eigenvalue weighted by molar-refractivity contribution is -0.139. The third-order valence-corrected chi connectivity index (χ3v) is 3.05. The Bertz CT molecular complexity index is 434. The third kappa shape index (κ3) is 5.01. The van der Waals surface area contributed by atoms with E-state index in [4.69, 9.17) is 4.74 Å². The maximum atomic E-state index is 12.0. The second-order valence-corrected chi connectivity index (χ2v) is 4.59. The fourth-order valence-electron chi connectivity index (χ4n) is 1.87. The van der Waals surface area contributed by atoms with E-state index >= 15 is 0 Å². The molecular formula is C15H22N2O3. The second-order valence-electron chi connectivity index (χ2n) is 4.59. The summed E-state index contributed by atoms with van der Waals surface area (Å²) in [5.41, 5.74) is 0.999. The van der Waals surface area contributed by atoms with Crippen LogP contribution in [0.1, 0.15) is 19.4 Å². The minimum atomic E-state index is -0.510. The van der Waals surface area contributed by atoms with Crippen LogP contribution >= 0.6 is 0 Å². The highest BCUT2D eigenvalue weighted by molar-refractivity contribution is 5.86. The van der Waals surface area contributed by atoms with Crippen molar-refractivity contribution in [2.45, 2.75) is 26.4 Å². The summed E-state index contributed by atoms with van der Waals surface area (Å²) in [4.78, 5) is 25.3. The number of nitrogens with zero attached hydrogens (tertiary/aromatic N) is 1. The first kappa shape index (κ1) is 16.2. The van der Waals surface area contributed by atoms with E-state index in [0.29, 0.717) is 19.7 Å². The maximum Gasteiger partial charge on any atom is 0.242 e. The zero-order valence-corrected chi connectivity index (χ0v) is 12.3. The standard InChI is InChI=1S/C15H22N2O3/c1-12(15(19)16-9-10-20-3)17(13(2)18)11-14-7-5-4-6-8-14/h4-8,12H,9-11H2,1-3H3,(H,16,19)/t12-/m1/s1. The third-order valence-electron chi connectivity index (χ3n) is 3.05. The molecular weight excluding hydrogens is 256 g/mol. The molecule has 0 fully saturated rings. The van der Waals surface area contributed by atoms with Crippen molar-refractivity contribution in [3.63, 3.8) is 0 Å². The van der Waals surface area contributed by atoms with E-state index in [1.165, 1.54) is 6.92 Å². The molecule has 0 aliphatic carbocycles. The monoisotopic (exact) mass is 278 g/mol. The van der Waals surface area contributed by atoms with Crippen LogP contribution in [0.25, 0.3) is 0 Å². The molecule has 0 unspecified atom stereocenters. The van der Waals surface area contributed by atoms with Crippen molar-refractivity contribution < 1.29 is 14.3 Å². The molecule has 2 amide bonds. The van der Waals surface area contributed by atoms with E-state index in [9.17, 15) is 9.59 Å².